The highest BCUT2D eigenvalue weighted by Crippen LogP contribution is 2.32. The molecule has 3 N–H and O–H groups in total. The first-order valence-electron chi connectivity index (χ1n) is 4.11. The minimum absolute atomic E-state index is 0.439. The molecule has 0 radical (unpaired) electrons. The number of aliphatic carboxylic acids is 1. The van der Waals surface area contributed by atoms with E-state index in [4.69, 9.17) is 10.8 Å². The Bertz CT molecular complexity index is 364. The van der Waals surface area contributed by atoms with Gasteiger partial charge in [-0.25, -0.2) is 4.79 Å². The number of nitrogens with zero attached hydrogens (tertiary/aromatic N) is 1. The van der Waals surface area contributed by atoms with Crippen LogP contribution in [-0.2, 0) is 16.8 Å². The Hall–Kier alpha value is -1.42. The summed E-state index contributed by atoms with van der Waals surface area (Å²) in [7, 11) is 0. The maximum Gasteiger partial charge on any atom is 0.329 e. The van der Waals surface area contributed by atoms with Crippen molar-refractivity contribution >= 4 is 5.97 Å². The van der Waals surface area contributed by atoms with Crippen LogP contribution >= 0.6 is 0 Å². The number of aryl methyl sites for hydroxylation is 1. The third-order valence-corrected chi connectivity index (χ3v) is 2.48. The van der Waals surface area contributed by atoms with Gasteiger partial charge in [-0.1, -0.05) is 6.07 Å². The molecule has 1 aliphatic carbocycles. The zero-order chi connectivity index (χ0) is 9.47. The van der Waals surface area contributed by atoms with E-state index in [1.807, 2.05) is 6.07 Å². The van der Waals surface area contributed by atoms with E-state index in [2.05, 4.69) is 4.98 Å². The van der Waals surface area contributed by atoms with Gasteiger partial charge in [-0.3, -0.25) is 4.98 Å². The van der Waals surface area contributed by atoms with E-state index in [0.29, 0.717) is 18.5 Å². The van der Waals surface area contributed by atoms with Gasteiger partial charge in [0.05, 0.1) is 5.69 Å². The molecule has 2 rings (SSSR count). The molecule has 1 aromatic rings. The van der Waals surface area contributed by atoms with Crippen LogP contribution in [0.3, 0.4) is 0 Å². The standard InChI is InChI=1S/C9H10N2O2/c10-9(8(12)13)4-3-6-2-1-5-11-7(6)9/h1-2,5H,3-4,10H2,(H,12,13). The zero-order valence-corrected chi connectivity index (χ0v) is 7.03. The molecule has 1 unspecified atom stereocenters. The van der Waals surface area contributed by atoms with Gasteiger partial charge in [0.1, 0.15) is 0 Å². The Morgan fingerprint density at radius 3 is 3.15 bits per heavy atom. The van der Waals surface area contributed by atoms with Crippen molar-refractivity contribution in [3.63, 3.8) is 0 Å². The SMILES string of the molecule is NC1(C(=O)O)CCc2cccnc21. The maximum atomic E-state index is 10.9. The van der Waals surface area contributed by atoms with Crippen LogP contribution in [0.2, 0.25) is 0 Å². The van der Waals surface area contributed by atoms with E-state index in [1.54, 1.807) is 12.3 Å². The average molecular weight is 178 g/mol. The first-order chi connectivity index (χ1) is 6.14. The van der Waals surface area contributed by atoms with Gasteiger partial charge in [-0.2, -0.15) is 0 Å². The summed E-state index contributed by atoms with van der Waals surface area (Å²) < 4.78 is 0. The summed E-state index contributed by atoms with van der Waals surface area (Å²) in [6.07, 6.45) is 2.72. The van der Waals surface area contributed by atoms with Gasteiger partial charge < -0.3 is 10.8 Å². The second-order valence-corrected chi connectivity index (χ2v) is 3.29. The lowest BCUT2D eigenvalue weighted by molar-refractivity contribution is -0.143. The van der Waals surface area contributed by atoms with E-state index in [-0.39, 0.29) is 0 Å². The highest BCUT2D eigenvalue weighted by Gasteiger charge is 2.43. The van der Waals surface area contributed by atoms with Gasteiger partial charge in [-0.05, 0) is 24.5 Å². The summed E-state index contributed by atoms with van der Waals surface area (Å²) in [4.78, 5) is 14.9. The Labute approximate surface area is 75.4 Å². The van der Waals surface area contributed by atoms with Crippen molar-refractivity contribution in [1.82, 2.24) is 4.98 Å². The highest BCUT2D eigenvalue weighted by atomic mass is 16.4. The molecule has 4 nitrogen and oxygen atoms in total. The van der Waals surface area contributed by atoms with Crippen molar-refractivity contribution in [3.8, 4) is 0 Å². The van der Waals surface area contributed by atoms with Gasteiger partial charge in [-0.15, -0.1) is 0 Å². The van der Waals surface area contributed by atoms with Crippen molar-refractivity contribution in [3.05, 3.63) is 29.6 Å². The van der Waals surface area contributed by atoms with Crippen LogP contribution in [0.15, 0.2) is 18.3 Å². The summed E-state index contributed by atoms with van der Waals surface area (Å²) in [5.74, 6) is -0.995. The molecule has 13 heavy (non-hydrogen) atoms. The molecule has 0 aromatic carbocycles. The fourth-order valence-electron chi connectivity index (χ4n) is 1.70. The second kappa shape index (κ2) is 2.53. The number of rotatable bonds is 1. The molecule has 0 saturated heterocycles. The average Bonchev–Trinajstić information content (AvgIpc) is 2.47. The fourth-order valence-corrected chi connectivity index (χ4v) is 1.70. The van der Waals surface area contributed by atoms with Crippen molar-refractivity contribution < 1.29 is 9.90 Å². The Balaban J connectivity index is 2.55. The predicted molar refractivity (Wildman–Crippen MR) is 46.1 cm³/mol. The first-order valence-corrected chi connectivity index (χ1v) is 4.11. The topological polar surface area (TPSA) is 76.2 Å². The van der Waals surface area contributed by atoms with Crippen molar-refractivity contribution in [1.29, 1.82) is 0 Å². The van der Waals surface area contributed by atoms with E-state index < -0.39 is 11.5 Å². The van der Waals surface area contributed by atoms with E-state index >= 15 is 0 Å². The molecule has 0 amide bonds. The lowest BCUT2D eigenvalue weighted by Gasteiger charge is -2.17. The number of hydrogen-bond donors (Lipinski definition) is 2. The molecule has 0 saturated carbocycles. The zero-order valence-electron chi connectivity index (χ0n) is 7.03. The number of nitrogens with two attached hydrogens (primary N) is 1. The lowest BCUT2D eigenvalue weighted by Crippen LogP contribution is -2.43. The van der Waals surface area contributed by atoms with Gasteiger partial charge >= 0.3 is 5.97 Å². The molecule has 0 bridgehead atoms. The monoisotopic (exact) mass is 178 g/mol. The molecule has 0 fully saturated rings. The van der Waals surface area contributed by atoms with Gasteiger partial charge in [0.2, 0.25) is 0 Å². The van der Waals surface area contributed by atoms with Crippen LogP contribution in [0, 0.1) is 0 Å². The van der Waals surface area contributed by atoms with Crippen LogP contribution in [0.25, 0.3) is 0 Å². The molecule has 0 spiro atoms. The minimum Gasteiger partial charge on any atom is -0.480 e. The number of carboxylic acids is 1. The number of hydrogen-bond acceptors (Lipinski definition) is 3. The lowest BCUT2D eigenvalue weighted by atomic mass is 9.98. The Morgan fingerprint density at radius 2 is 2.46 bits per heavy atom. The summed E-state index contributed by atoms with van der Waals surface area (Å²) >= 11 is 0. The molecular weight excluding hydrogens is 168 g/mol. The van der Waals surface area contributed by atoms with Crippen LogP contribution in [0.1, 0.15) is 17.7 Å². The molecule has 1 aliphatic rings. The van der Waals surface area contributed by atoms with Gasteiger partial charge in [0.15, 0.2) is 5.54 Å². The van der Waals surface area contributed by atoms with Crippen LogP contribution in [-0.4, -0.2) is 16.1 Å². The van der Waals surface area contributed by atoms with Crippen molar-refractivity contribution in [2.75, 3.05) is 0 Å². The molecule has 1 heterocycles. The normalized spacial score (nSPS) is 25.6. The third-order valence-electron chi connectivity index (χ3n) is 2.48. The van der Waals surface area contributed by atoms with Crippen LogP contribution < -0.4 is 5.73 Å². The third kappa shape index (κ3) is 1.02. The molecule has 1 aromatic heterocycles. The molecule has 1 atom stereocenters. The van der Waals surface area contributed by atoms with Gasteiger partial charge in [0.25, 0.3) is 0 Å². The van der Waals surface area contributed by atoms with Crippen LogP contribution in [0.5, 0.6) is 0 Å². The molecular formula is C9H10N2O2. The van der Waals surface area contributed by atoms with E-state index in [0.717, 1.165) is 5.56 Å². The molecule has 68 valence electrons. The number of carboxylic acid groups (broad SMARTS) is 1. The first kappa shape index (κ1) is 8.19. The molecule has 4 heteroatoms. The summed E-state index contributed by atoms with van der Waals surface area (Å²) in [5, 5.41) is 8.95. The highest BCUT2D eigenvalue weighted by molar-refractivity contribution is 5.81. The smallest absolute Gasteiger partial charge is 0.329 e. The van der Waals surface area contributed by atoms with Crippen molar-refractivity contribution in [2.45, 2.75) is 18.4 Å². The summed E-state index contributed by atoms with van der Waals surface area (Å²) in [6.45, 7) is 0. The van der Waals surface area contributed by atoms with E-state index in [1.165, 1.54) is 0 Å². The molecule has 0 aliphatic heterocycles. The number of aromatic nitrogens is 1. The van der Waals surface area contributed by atoms with E-state index in [9.17, 15) is 4.79 Å². The fraction of sp³-hybridized carbons (Fsp3) is 0.333. The summed E-state index contributed by atoms with van der Waals surface area (Å²) in [5.41, 5.74) is 5.95. The minimum atomic E-state index is -1.27. The van der Waals surface area contributed by atoms with Crippen molar-refractivity contribution in [2.24, 2.45) is 5.73 Å². The maximum absolute atomic E-state index is 10.9. The largest absolute Gasteiger partial charge is 0.480 e. The number of carbonyl (C=O) groups is 1. The predicted octanol–water partition coefficient (Wildman–Crippen LogP) is 0.266. The number of pyridine rings is 1. The Kier molecular flexibility index (Phi) is 1.60. The summed E-state index contributed by atoms with van der Waals surface area (Å²) in [6, 6.07) is 3.67. The van der Waals surface area contributed by atoms with Crippen LogP contribution in [0.4, 0.5) is 0 Å². The second-order valence-electron chi connectivity index (χ2n) is 3.29. The Morgan fingerprint density at radius 1 is 1.69 bits per heavy atom. The van der Waals surface area contributed by atoms with Gasteiger partial charge in [0, 0.05) is 6.20 Å². The quantitative estimate of drug-likeness (QED) is 0.647. The number of fused-ring (bicyclic) bond motifs is 1.